The molecule has 6 heteroatoms. The minimum atomic E-state index is -0.454. The first-order valence-corrected chi connectivity index (χ1v) is 7.08. The van der Waals surface area contributed by atoms with E-state index in [0.29, 0.717) is 17.9 Å². The molecule has 106 valence electrons. The highest BCUT2D eigenvalue weighted by atomic mass is 79.9. The molecule has 2 aromatic carbocycles. The van der Waals surface area contributed by atoms with Gasteiger partial charge in [0.1, 0.15) is 18.2 Å². The van der Waals surface area contributed by atoms with Crippen LogP contribution in [0, 0.1) is 0 Å². The van der Waals surface area contributed by atoms with Crippen molar-refractivity contribution in [3.05, 3.63) is 58.3 Å². The zero-order valence-corrected chi connectivity index (χ0v) is 12.6. The third-order valence-corrected chi connectivity index (χ3v) is 3.50. The average Bonchev–Trinajstić information content (AvgIpc) is 2.87. The summed E-state index contributed by atoms with van der Waals surface area (Å²) in [4.78, 5) is 18.6. The normalized spacial score (nSPS) is 10.7. The second-order valence-corrected chi connectivity index (χ2v) is 5.44. The molecule has 0 spiro atoms. The first-order chi connectivity index (χ1) is 10.1. The van der Waals surface area contributed by atoms with Gasteiger partial charge in [0, 0.05) is 10.0 Å². The number of nitrogens with two attached hydrogens (primary N) is 1. The number of hydrogen-bond acceptors (Lipinski definition) is 3. The molecule has 0 atom stereocenters. The summed E-state index contributed by atoms with van der Waals surface area (Å²) in [6.07, 6.45) is 0. The van der Waals surface area contributed by atoms with Crippen molar-refractivity contribution < 1.29 is 9.53 Å². The zero-order chi connectivity index (χ0) is 14.8. The van der Waals surface area contributed by atoms with Crippen molar-refractivity contribution in [2.45, 2.75) is 6.61 Å². The van der Waals surface area contributed by atoms with E-state index in [0.717, 1.165) is 21.3 Å². The fraction of sp³-hybridized carbons (Fsp3) is 0.0667. The van der Waals surface area contributed by atoms with E-state index in [4.69, 9.17) is 10.5 Å². The Balaban J connectivity index is 1.72. The van der Waals surface area contributed by atoms with Gasteiger partial charge >= 0.3 is 0 Å². The van der Waals surface area contributed by atoms with Crippen LogP contribution in [0.3, 0.4) is 0 Å². The van der Waals surface area contributed by atoms with Crippen LogP contribution in [0.5, 0.6) is 5.75 Å². The van der Waals surface area contributed by atoms with Crippen LogP contribution in [0.2, 0.25) is 0 Å². The van der Waals surface area contributed by atoms with E-state index in [9.17, 15) is 4.79 Å². The van der Waals surface area contributed by atoms with Gasteiger partial charge in [0.2, 0.25) is 5.91 Å². The van der Waals surface area contributed by atoms with Crippen molar-refractivity contribution in [1.29, 1.82) is 0 Å². The van der Waals surface area contributed by atoms with Crippen molar-refractivity contribution >= 4 is 32.9 Å². The van der Waals surface area contributed by atoms with E-state index in [2.05, 4.69) is 25.9 Å². The number of ether oxygens (including phenoxy) is 1. The number of aromatic nitrogens is 2. The maximum atomic E-state index is 11.0. The van der Waals surface area contributed by atoms with Gasteiger partial charge in [-0.1, -0.05) is 15.9 Å². The van der Waals surface area contributed by atoms with Gasteiger partial charge in [0.05, 0.1) is 11.0 Å². The summed E-state index contributed by atoms with van der Waals surface area (Å²) in [5, 5.41) is 0. The molecule has 0 radical (unpaired) electrons. The van der Waals surface area contributed by atoms with E-state index in [-0.39, 0.29) is 0 Å². The lowest BCUT2D eigenvalue weighted by Gasteiger charge is -2.04. The number of nitrogens with one attached hydrogen (secondary N) is 1. The second-order valence-electron chi connectivity index (χ2n) is 4.52. The molecule has 0 unspecified atom stereocenters. The number of imidazole rings is 1. The Morgan fingerprint density at radius 1 is 1.24 bits per heavy atom. The van der Waals surface area contributed by atoms with E-state index >= 15 is 0 Å². The van der Waals surface area contributed by atoms with E-state index in [1.807, 2.05) is 18.2 Å². The minimum Gasteiger partial charge on any atom is -0.486 e. The molecule has 0 aliphatic heterocycles. The maximum Gasteiger partial charge on any atom is 0.248 e. The van der Waals surface area contributed by atoms with Crippen molar-refractivity contribution in [1.82, 2.24) is 9.97 Å². The Hall–Kier alpha value is -2.34. The fourth-order valence-electron chi connectivity index (χ4n) is 1.97. The topological polar surface area (TPSA) is 81.0 Å². The molecular weight excluding hydrogens is 334 g/mol. The Kier molecular flexibility index (Phi) is 3.62. The Labute approximate surface area is 129 Å². The van der Waals surface area contributed by atoms with Crippen LogP contribution < -0.4 is 10.5 Å². The van der Waals surface area contributed by atoms with E-state index < -0.39 is 5.91 Å². The summed E-state index contributed by atoms with van der Waals surface area (Å²) >= 11 is 3.42. The highest BCUT2D eigenvalue weighted by Crippen LogP contribution is 2.19. The molecule has 0 fully saturated rings. The molecular formula is C15H12BrN3O2. The number of carbonyl (C=O) groups excluding carboxylic acids is 1. The molecule has 3 aromatic rings. The first-order valence-electron chi connectivity index (χ1n) is 6.28. The summed E-state index contributed by atoms with van der Waals surface area (Å²) in [7, 11) is 0. The zero-order valence-electron chi connectivity index (χ0n) is 11.0. The van der Waals surface area contributed by atoms with Crippen LogP contribution in [-0.2, 0) is 6.61 Å². The Morgan fingerprint density at radius 3 is 2.71 bits per heavy atom. The highest BCUT2D eigenvalue weighted by Gasteiger charge is 2.05. The predicted octanol–water partition coefficient (Wildman–Crippen LogP) is 3.00. The fourth-order valence-corrected chi connectivity index (χ4v) is 2.33. The average molecular weight is 346 g/mol. The number of rotatable bonds is 4. The predicted molar refractivity (Wildman–Crippen MR) is 83.1 cm³/mol. The maximum absolute atomic E-state index is 11.0. The molecule has 0 aliphatic carbocycles. The largest absolute Gasteiger partial charge is 0.486 e. The molecule has 5 nitrogen and oxygen atoms in total. The summed E-state index contributed by atoms with van der Waals surface area (Å²) in [5.41, 5.74) is 7.48. The van der Waals surface area contributed by atoms with Crippen LogP contribution in [0.25, 0.3) is 11.0 Å². The number of H-pyrrole nitrogens is 1. The Morgan fingerprint density at radius 2 is 2.00 bits per heavy atom. The monoisotopic (exact) mass is 345 g/mol. The number of fused-ring (bicyclic) bond motifs is 1. The molecule has 3 rings (SSSR count). The number of carbonyl (C=O) groups is 1. The van der Waals surface area contributed by atoms with Gasteiger partial charge < -0.3 is 15.5 Å². The van der Waals surface area contributed by atoms with Gasteiger partial charge in [0.25, 0.3) is 0 Å². The van der Waals surface area contributed by atoms with Crippen LogP contribution >= 0.6 is 15.9 Å². The van der Waals surface area contributed by atoms with E-state index in [1.54, 1.807) is 24.3 Å². The van der Waals surface area contributed by atoms with Gasteiger partial charge in [-0.25, -0.2) is 4.98 Å². The number of hydrogen-bond donors (Lipinski definition) is 2. The summed E-state index contributed by atoms with van der Waals surface area (Å²) in [6, 6.07) is 12.5. The van der Waals surface area contributed by atoms with Crippen molar-refractivity contribution in [2.75, 3.05) is 0 Å². The second kappa shape index (κ2) is 5.57. The summed E-state index contributed by atoms with van der Waals surface area (Å²) in [5.74, 6) is 0.938. The molecule has 3 N–H and O–H groups in total. The number of primary amides is 1. The van der Waals surface area contributed by atoms with Crippen LogP contribution in [0.15, 0.2) is 46.9 Å². The van der Waals surface area contributed by atoms with Crippen molar-refractivity contribution in [3.63, 3.8) is 0 Å². The summed E-state index contributed by atoms with van der Waals surface area (Å²) < 4.78 is 6.62. The highest BCUT2D eigenvalue weighted by molar-refractivity contribution is 9.10. The van der Waals surface area contributed by atoms with Gasteiger partial charge in [0.15, 0.2) is 0 Å². The van der Waals surface area contributed by atoms with Crippen molar-refractivity contribution in [3.8, 4) is 5.75 Å². The molecule has 1 aromatic heterocycles. The molecule has 1 heterocycles. The SMILES string of the molecule is NC(=O)c1ccc(OCc2nc3ccc(Br)cc3[nH]2)cc1. The van der Waals surface area contributed by atoms with E-state index in [1.165, 1.54) is 0 Å². The third-order valence-electron chi connectivity index (χ3n) is 3.01. The molecule has 21 heavy (non-hydrogen) atoms. The minimum absolute atomic E-state index is 0.322. The smallest absolute Gasteiger partial charge is 0.248 e. The summed E-state index contributed by atoms with van der Waals surface area (Å²) in [6.45, 7) is 0.322. The first kappa shape index (κ1) is 13.6. The number of benzene rings is 2. The Bertz CT molecular complexity index is 796. The van der Waals surface area contributed by atoms with Gasteiger partial charge in [-0.3, -0.25) is 4.79 Å². The quantitative estimate of drug-likeness (QED) is 0.762. The van der Waals surface area contributed by atoms with Gasteiger partial charge in [-0.2, -0.15) is 0 Å². The van der Waals surface area contributed by atoms with Crippen LogP contribution in [0.4, 0.5) is 0 Å². The number of amides is 1. The molecule has 0 saturated heterocycles. The lowest BCUT2D eigenvalue weighted by molar-refractivity contribution is 0.1000. The van der Waals surface area contributed by atoms with Gasteiger partial charge in [-0.15, -0.1) is 0 Å². The number of aromatic amines is 1. The van der Waals surface area contributed by atoms with Crippen molar-refractivity contribution in [2.24, 2.45) is 5.73 Å². The number of halogens is 1. The lowest BCUT2D eigenvalue weighted by atomic mass is 10.2. The molecule has 1 amide bonds. The standard InChI is InChI=1S/C15H12BrN3O2/c16-10-3-6-12-13(7-10)19-14(18-12)8-21-11-4-1-9(2-5-11)15(17)20/h1-7H,8H2,(H2,17,20)(H,18,19). The molecule has 0 bridgehead atoms. The number of nitrogens with zero attached hydrogens (tertiary/aromatic N) is 1. The lowest BCUT2D eigenvalue weighted by Crippen LogP contribution is -2.10. The third kappa shape index (κ3) is 3.05. The van der Waals surface area contributed by atoms with Crippen LogP contribution in [-0.4, -0.2) is 15.9 Å². The molecule has 0 saturated carbocycles. The van der Waals surface area contributed by atoms with Crippen LogP contribution in [0.1, 0.15) is 16.2 Å². The van der Waals surface area contributed by atoms with Gasteiger partial charge in [-0.05, 0) is 42.5 Å². The molecule has 0 aliphatic rings.